The minimum absolute atomic E-state index is 0.0248. The van der Waals surface area contributed by atoms with Crippen LogP contribution in [0.2, 0.25) is 0 Å². The summed E-state index contributed by atoms with van der Waals surface area (Å²) in [4.78, 5) is 71.0. The number of carboxylic acid groups (broad SMARTS) is 1. The molecule has 0 aliphatic heterocycles. The van der Waals surface area contributed by atoms with Crippen molar-refractivity contribution in [1.29, 1.82) is 0 Å². The van der Waals surface area contributed by atoms with Gasteiger partial charge in [-0.2, -0.15) is 12.6 Å². The number of hydrogen-bond acceptors (Lipinski definition) is 8. The average molecular weight is 477 g/mol. The fraction of sp³-hybridized carbons (Fsp3) is 0.667. The van der Waals surface area contributed by atoms with Crippen molar-refractivity contribution in [2.75, 3.05) is 5.75 Å². The van der Waals surface area contributed by atoms with Gasteiger partial charge in [0.2, 0.25) is 29.5 Å². The number of thiol groups is 1. The molecule has 10 N–H and O–H groups in total. The quantitative estimate of drug-likeness (QED) is 0.113. The van der Waals surface area contributed by atoms with Gasteiger partial charge in [0.05, 0.1) is 12.5 Å². The van der Waals surface area contributed by atoms with Crippen molar-refractivity contribution in [3.63, 3.8) is 0 Å². The molecule has 0 aromatic heterocycles. The van der Waals surface area contributed by atoms with E-state index in [4.69, 9.17) is 22.3 Å². The Bertz CT molecular complexity index is 720. The Hall–Kier alpha value is -2.87. The molecule has 182 valence electrons. The Kier molecular flexibility index (Phi) is 13.0. The highest BCUT2D eigenvalue weighted by Crippen LogP contribution is 2.10. The molecule has 5 amide bonds. The largest absolute Gasteiger partial charge is 0.480 e. The molecule has 14 heteroatoms. The van der Waals surface area contributed by atoms with Crippen LogP contribution >= 0.6 is 12.6 Å². The van der Waals surface area contributed by atoms with Gasteiger partial charge < -0.3 is 38.3 Å². The Morgan fingerprint density at radius 3 is 1.91 bits per heavy atom. The van der Waals surface area contributed by atoms with Crippen LogP contribution in [0, 0.1) is 5.92 Å². The summed E-state index contributed by atoms with van der Waals surface area (Å²) in [6.45, 7) is 3.44. The molecule has 0 aromatic rings. The van der Waals surface area contributed by atoms with Crippen molar-refractivity contribution in [2.45, 2.75) is 63.7 Å². The van der Waals surface area contributed by atoms with Crippen molar-refractivity contribution in [3.05, 3.63) is 0 Å². The summed E-state index contributed by atoms with van der Waals surface area (Å²) in [5.74, 6) is -5.99. The summed E-state index contributed by atoms with van der Waals surface area (Å²) in [6.07, 6.45) is -0.285. The number of nitrogens with one attached hydrogen (secondary N) is 3. The molecule has 0 aliphatic carbocycles. The number of rotatable bonds is 15. The zero-order valence-corrected chi connectivity index (χ0v) is 18.9. The Labute approximate surface area is 191 Å². The molecule has 13 nitrogen and oxygen atoms in total. The highest BCUT2D eigenvalue weighted by atomic mass is 32.1. The monoisotopic (exact) mass is 476 g/mol. The number of nitrogens with two attached hydrogens (primary N) is 3. The van der Waals surface area contributed by atoms with Crippen molar-refractivity contribution in [1.82, 2.24) is 16.0 Å². The van der Waals surface area contributed by atoms with Crippen molar-refractivity contribution < 1.29 is 33.9 Å². The van der Waals surface area contributed by atoms with Crippen LogP contribution in [0.15, 0.2) is 0 Å². The van der Waals surface area contributed by atoms with Gasteiger partial charge in [0, 0.05) is 12.2 Å². The maximum atomic E-state index is 12.8. The van der Waals surface area contributed by atoms with E-state index in [1.54, 1.807) is 13.8 Å². The summed E-state index contributed by atoms with van der Waals surface area (Å²) in [6, 6.07) is -5.06. The van der Waals surface area contributed by atoms with E-state index in [1.165, 1.54) is 0 Å². The Morgan fingerprint density at radius 1 is 0.906 bits per heavy atom. The second-order valence-electron chi connectivity index (χ2n) is 7.30. The van der Waals surface area contributed by atoms with Crippen molar-refractivity contribution in [2.24, 2.45) is 23.1 Å². The molecule has 0 radical (unpaired) electrons. The van der Waals surface area contributed by atoms with Crippen LogP contribution < -0.4 is 33.2 Å². The normalized spacial score (nSPS) is 15.4. The number of carbonyl (C=O) groups excluding carboxylic acids is 5. The number of hydrogen-bond donors (Lipinski definition) is 8. The lowest BCUT2D eigenvalue weighted by Crippen LogP contribution is -2.59. The first kappa shape index (κ1) is 29.1. The smallest absolute Gasteiger partial charge is 0.327 e. The van der Waals surface area contributed by atoms with Gasteiger partial charge >= 0.3 is 5.97 Å². The van der Waals surface area contributed by atoms with Gasteiger partial charge in [-0.3, -0.25) is 24.0 Å². The Balaban J connectivity index is 5.46. The third-order valence-electron chi connectivity index (χ3n) is 4.67. The molecule has 0 aromatic carbocycles. The summed E-state index contributed by atoms with van der Waals surface area (Å²) >= 11 is 3.83. The molecule has 32 heavy (non-hydrogen) atoms. The average Bonchev–Trinajstić information content (AvgIpc) is 2.71. The number of amides is 5. The Morgan fingerprint density at radius 2 is 1.47 bits per heavy atom. The number of carbonyl (C=O) groups is 6. The predicted octanol–water partition coefficient (Wildman–Crippen LogP) is -3.03. The molecule has 0 rings (SSSR count). The number of aliphatic carboxylic acids is 1. The fourth-order valence-electron chi connectivity index (χ4n) is 2.52. The lowest BCUT2D eigenvalue weighted by molar-refractivity contribution is -0.141. The van der Waals surface area contributed by atoms with Crippen LogP contribution in [0.25, 0.3) is 0 Å². The van der Waals surface area contributed by atoms with E-state index in [9.17, 15) is 28.8 Å². The van der Waals surface area contributed by atoms with Gasteiger partial charge in [-0.1, -0.05) is 20.3 Å². The molecular formula is C18H32N6O7S. The molecule has 5 atom stereocenters. The number of primary amides is 2. The van der Waals surface area contributed by atoms with Crippen LogP contribution in [0.4, 0.5) is 0 Å². The number of carboxylic acids is 1. The topological polar surface area (TPSA) is 237 Å². The van der Waals surface area contributed by atoms with Crippen LogP contribution in [0.1, 0.15) is 39.5 Å². The lowest BCUT2D eigenvalue weighted by Gasteiger charge is -2.27. The van der Waals surface area contributed by atoms with Crippen LogP contribution in [-0.4, -0.2) is 70.5 Å². The molecular weight excluding hydrogens is 444 g/mol. The first-order chi connectivity index (χ1) is 14.8. The van der Waals surface area contributed by atoms with Crippen molar-refractivity contribution in [3.8, 4) is 0 Å². The summed E-state index contributed by atoms with van der Waals surface area (Å²) in [5, 5.41) is 16.0. The minimum atomic E-state index is -1.48. The molecule has 0 saturated heterocycles. The van der Waals surface area contributed by atoms with E-state index in [1.807, 2.05) is 0 Å². The molecule has 0 fully saturated rings. The van der Waals surface area contributed by atoms with Crippen LogP contribution in [0.5, 0.6) is 0 Å². The SMILES string of the molecule is CCC(C)C(NC(=O)C(N)CCC(N)=O)C(=O)NC(CC(N)=O)C(=O)NC(CS)C(=O)O. The third-order valence-corrected chi connectivity index (χ3v) is 5.03. The van der Waals surface area contributed by atoms with Crippen LogP contribution in [0.3, 0.4) is 0 Å². The van der Waals surface area contributed by atoms with E-state index in [2.05, 4.69) is 28.6 Å². The standard InChI is InChI=1S/C18H32N6O7S/c1-3-8(2)14(24-15(27)9(19)4-5-12(20)25)17(29)22-10(6-13(21)26)16(28)23-11(7-32)18(30)31/h8-11,14,32H,3-7,19H2,1-2H3,(H2,20,25)(H2,21,26)(H,22,29)(H,23,28)(H,24,27)(H,30,31). The predicted molar refractivity (Wildman–Crippen MR) is 117 cm³/mol. The van der Waals surface area contributed by atoms with Crippen LogP contribution in [-0.2, 0) is 28.8 Å². The molecule has 0 bridgehead atoms. The maximum absolute atomic E-state index is 12.8. The van der Waals surface area contributed by atoms with E-state index in [-0.39, 0.29) is 18.6 Å². The summed E-state index contributed by atoms with van der Waals surface area (Å²) in [5.41, 5.74) is 15.9. The van der Waals surface area contributed by atoms with Gasteiger partial charge in [0.1, 0.15) is 18.1 Å². The zero-order chi connectivity index (χ0) is 25.0. The fourth-order valence-corrected chi connectivity index (χ4v) is 2.77. The molecule has 0 saturated carbocycles. The zero-order valence-electron chi connectivity index (χ0n) is 18.0. The maximum Gasteiger partial charge on any atom is 0.327 e. The van der Waals surface area contributed by atoms with Gasteiger partial charge in [0.15, 0.2) is 0 Å². The molecule has 0 heterocycles. The van der Waals surface area contributed by atoms with E-state index < -0.39 is 72.0 Å². The van der Waals surface area contributed by atoms with Gasteiger partial charge in [-0.15, -0.1) is 0 Å². The van der Waals surface area contributed by atoms with Gasteiger partial charge in [-0.25, -0.2) is 4.79 Å². The first-order valence-electron chi connectivity index (χ1n) is 9.90. The highest BCUT2D eigenvalue weighted by Gasteiger charge is 2.33. The second-order valence-corrected chi connectivity index (χ2v) is 7.66. The second kappa shape index (κ2) is 14.2. The summed E-state index contributed by atoms with van der Waals surface area (Å²) < 4.78 is 0. The lowest BCUT2D eigenvalue weighted by atomic mass is 9.97. The highest BCUT2D eigenvalue weighted by molar-refractivity contribution is 7.80. The minimum Gasteiger partial charge on any atom is -0.480 e. The first-order valence-corrected chi connectivity index (χ1v) is 10.5. The summed E-state index contributed by atoms with van der Waals surface area (Å²) in [7, 11) is 0. The molecule has 5 unspecified atom stereocenters. The van der Waals surface area contributed by atoms with E-state index >= 15 is 0 Å². The van der Waals surface area contributed by atoms with Gasteiger partial charge in [0.25, 0.3) is 0 Å². The van der Waals surface area contributed by atoms with E-state index in [0.717, 1.165) is 0 Å². The molecule has 0 spiro atoms. The molecule has 0 aliphatic rings. The van der Waals surface area contributed by atoms with Crippen molar-refractivity contribution >= 4 is 48.1 Å². The van der Waals surface area contributed by atoms with Gasteiger partial charge in [-0.05, 0) is 12.3 Å². The van der Waals surface area contributed by atoms with E-state index in [0.29, 0.717) is 6.42 Å². The third kappa shape index (κ3) is 10.4.